The first-order valence-electron chi connectivity index (χ1n) is 6.40. The zero-order valence-electron chi connectivity index (χ0n) is 11.5. The maximum absolute atomic E-state index is 10.9. The highest BCUT2D eigenvalue weighted by Crippen LogP contribution is 2.13. The predicted molar refractivity (Wildman–Crippen MR) is 87.9 cm³/mol. The van der Waals surface area contributed by atoms with Gasteiger partial charge < -0.3 is 4.84 Å². The third kappa shape index (κ3) is 5.00. The van der Waals surface area contributed by atoms with Gasteiger partial charge in [-0.05, 0) is 23.8 Å². The monoisotopic (exact) mass is 343 g/mol. The molecule has 3 nitrogen and oxygen atoms in total. The minimum absolute atomic E-state index is 0.445. The normalized spacial score (nSPS) is 11.6. The summed E-state index contributed by atoms with van der Waals surface area (Å²) in [7, 11) is 0. The summed E-state index contributed by atoms with van der Waals surface area (Å²) in [5.74, 6) is -0.445. The maximum Gasteiger partial charge on any atom is 0.332 e. The van der Waals surface area contributed by atoms with Gasteiger partial charge in [0.2, 0.25) is 0 Å². The molecule has 0 atom stereocenters. The van der Waals surface area contributed by atoms with E-state index in [1.165, 1.54) is 6.92 Å². The Kier molecular flexibility index (Phi) is 5.46. The fourth-order valence-electron chi connectivity index (χ4n) is 1.69. The molecule has 0 radical (unpaired) electrons. The summed E-state index contributed by atoms with van der Waals surface area (Å²) >= 11 is 3.43. The molecule has 0 bridgehead atoms. The van der Waals surface area contributed by atoms with Gasteiger partial charge in [0.1, 0.15) is 5.71 Å². The van der Waals surface area contributed by atoms with Crippen LogP contribution in [0.2, 0.25) is 0 Å². The first kappa shape index (κ1) is 15.2. The van der Waals surface area contributed by atoms with E-state index in [0.717, 1.165) is 15.6 Å². The average Bonchev–Trinajstić information content (AvgIpc) is 2.48. The molecule has 0 aliphatic rings. The van der Waals surface area contributed by atoms with Crippen LogP contribution in [0.1, 0.15) is 18.1 Å². The van der Waals surface area contributed by atoms with Gasteiger partial charge in [-0.2, -0.15) is 0 Å². The van der Waals surface area contributed by atoms with Crippen LogP contribution in [0, 0.1) is 0 Å². The largest absolute Gasteiger partial charge is 0.332 e. The highest BCUT2D eigenvalue weighted by atomic mass is 79.9. The van der Waals surface area contributed by atoms with E-state index >= 15 is 0 Å². The van der Waals surface area contributed by atoms with Crippen molar-refractivity contribution in [2.75, 3.05) is 0 Å². The van der Waals surface area contributed by atoms with Crippen molar-refractivity contribution < 1.29 is 9.63 Å². The van der Waals surface area contributed by atoms with Gasteiger partial charge in [-0.15, -0.1) is 0 Å². The lowest BCUT2D eigenvalue weighted by Gasteiger charge is -2.01. The Bertz CT molecular complexity index is 678. The quantitative estimate of drug-likeness (QED) is 0.468. The van der Waals surface area contributed by atoms with Gasteiger partial charge >= 0.3 is 5.97 Å². The van der Waals surface area contributed by atoms with E-state index in [2.05, 4.69) is 21.1 Å². The number of oxime groups is 1. The van der Waals surface area contributed by atoms with Crippen molar-refractivity contribution in [1.82, 2.24) is 0 Å². The van der Waals surface area contributed by atoms with E-state index < -0.39 is 5.97 Å². The first-order valence-corrected chi connectivity index (χ1v) is 7.19. The highest BCUT2D eigenvalue weighted by molar-refractivity contribution is 9.10. The fourth-order valence-corrected chi connectivity index (χ4v) is 2.10. The van der Waals surface area contributed by atoms with Gasteiger partial charge in [0.25, 0.3) is 0 Å². The van der Waals surface area contributed by atoms with Crippen molar-refractivity contribution in [3.8, 4) is 0 Å². The number of carbonyl (C=O) groups is 1. The zero-order chi connectivity index (χ0) is 15.1. The standard InChI is InChI=1S/C17H14BrNO2/c1-13(20)21-19-17(15-7-3-2-4-8-15)11-10-14-6-5-9-16(18)12-14/h2-12H,1H3/b11-10+,19-17+. The van der Waals surface area contributed by atoms with Gasteiger partial charge in [-0.25, -0.2) is 4.79 Å². The van der Waals surface area contributed by atoms with Crippen molar-refractivity contribution in [1.29, 1.82) is 0 Å². The number of benzene rings is 2. The van der Waals surface area contributed by atoms with E-state index in [4.69, 9.17) is 4.84 Å². The SMILES string of the molecule is CC(=O)O/N=C(\C=C\c1cccc(Br)c1)c1ccccc1. The topological polar surface area (TPSA) is 38.7 Å². The molecule has 4 heteroatoms. The molecule has 106 valence electrons. The van der Waals surface area contributed by atoms with E-state index in [-0.39, 0.29) is 0 Å². The molecule has 2 aromatic carbocycles. The van der Waals surface area contributed by atoms with Crippen LogP contribution in [0.15, 0.2) is 70.3 Å². The number of halogens is 1. The summed E-state index contributed by atoms with van der Waals surface area (Å²) in [5, 5.41) is 3.90. The van der Waals surface area contributed by atoms with Gasteiger partial charge in [-0.1, -0.05) is 69.6 Å². The summed E-state index contributed by atoms with van der Waals surface area (Å²) < 4.78 is 1.00. The number of rotatable bonds is 4. The molecule has 0 spiro atoms. The predicted octanol–water partition coefficient (Wildman–Crippen LogP) is 4.43. The number of nitrogens with zero attached hydrogens (tertiary/aromatic N) is 1. The Morgan fingerprint density at radius 2 is 1.90 bits per heavy atom. The van der Waals surface area contributed by atoms with Crippen LogP contribution in [-0.2, 0) is 9.63 Å². The summed E-state index contributed by atoms with van der Waals surface area (Å²) in [6.07, 6.45) is 3.74. The van der Waals surface area contributed by atoms with Crippen LogP contribution in [0.5, 0.6) is 0 Å². The highest BCUT2D eigenvalue weighted by Gasteiger charge is 2.01. The van der Waals surface area contributed by atoms with Crippen LogP contribution in [0.4, 0.5) is 0 Å². The molecular weight excluding hydrogens is 330 g/mol. The number of hydrogen-bond donors (Lipinski definition) is 0. The summed E-state index contributed by atoms with van der Waals surface area (Å²) in [6.45, 7) is 1.32. The first-order chi connectivity index (χ1) is 10.1. The molecule has 2 aromatic rings. The van der Waals surface area contributed by atoms with Crippen LogP contribution >= 0.6 is 15.9 Å². The van der Waals surface area contributed by atoms with Gasteiger partial charge in [0, 0.05) is 17.0 Å². The summed E-state index contributed by atoms with van der Waals surface area (Å²) in [5.41, 5.74) is 2.49. The Morgan fingerprint density at radius 1 is 1.14 bits per heavy atom. The zero-order valence-corrected chi connectivity index (χ0v) is 13.1. The lowest BCUT2D eigenvalue weighted by molar-refractivity contribution is -0.140. The van der Waals surface area contributed by atoms with Gasteiger partial charge in [0.05, 0.1) is 0 Å². The van der Waals surface area contributed by atoms with Crippen molar-refractivity contribution in [2.45, 2.75) is 6.92 Å². The Labute approximate surface area is 132 Å². The Balaban J connectivity index is 2.28. The van der Waals surface area contributed by atoms with Crippen molar-refractivity contribution >= 4 is 33.7 Å². The molecule has 0 heterocycles. The molecule has 0 saturated heterocycles. The molecule has 0 aliphatic heterocycles. The average molecular weight is 344 g/mol. The second-order valence-corrected chi connectivity index (χ2v) is 5.23. The molecule has 0 amide bonds. The number of carbonyl (C=O) groups excluding carboxylic acids is 1. The molecule has 0 unspecified atom stereocenters. The van der Waals surface area contributed by atoms with E-state index in [1.807, 2.05) is 66.7 Å². The van der Waals surface area contributed by atoms with Crippen molar-refractivity contribution in [3.05, 3.63) is 76.3 Å². The van der Waals surface area contributed by atoms with Crippen LogP contribution in [0.25, 0.3) is 6.08 Å². The van der Waals surface area contributed by atoms with Crippen molar-refractivity contribution in [2.24, 2.45) is 5.16 Å². The van der Waals surface area contributed by atoms with E-state index in [1.54, 1.807) is 0 Å². The fraction of sp³-hybridized carbons (Fsp3) is 0.0588. The molecule has 21 heavy (non-hydrogen) atoms. The molecular formula is C17H14BrNO2. The third-order valence-electron chi connectivity index (χ3n) is 2.62. The van der Waals surface area contributed by atoms with Gasteiger partial charge in [-0.3, -0.25) is 0 Å². The Hall–Kier alpha value is -2.20. The number of allylic oxidation sites excluding steroid dienone is 1. The van der Waals surface area contributed by atoms with Crippen LogP contribution in [-0.4, -0.2) is 11.7 Å². The van der Waals surface area contributed by atoms with E-state index in [9.17, 15) is 4.79 Å². The van der Waals surface area contributed by atoms with Crippen LogP contribution in [0.3, 0.4) is 0 Å². The molecule has 0 aromatic heterocycles. The minimum atomic E-state index is -0.445. The molecule has 0 aliphatic carbocycles. The smallest absolute Gasteiger partial charge is 0.318 e. The Morgan fingerprint density at radius 3 is 2.57 bits per heavy atom. The second-order valence-electron chi connectivity index (χ2n) is 4.31. The summed E-state index contributed by atoms with van der Waals surface area (Å²) in [6, 6.07) is 17.4. The lowest BCUT2D eigenvalue weighted by Crippen LogP contribution is -2.00. The molecule has 0 saturated carbocycles. The molecule has 0 N–H and O–H groups in total. The third-order valence-corrected chi connectivity index (χ3v) is 3.12. The molecule has 0 fully saturated rings. The maximum atomic E-state index is 10.9. The van der Waals surface area contributed by atoms with E-state index in [0.29, 0.717) is 5.71 Å². The minimum Gasteiger partial charge on any atom is -0.318 e. The van der Waals surface area contributed by atoms with Crippen LogP contribution < -0.4 is 0 Å². The number of hydrogen-bond acceptors (Lipinski definition) is 3. The van der Waals surface area contributed by atoms with Gasteiger partial charge in [0.15, 0.2) is 0 Å². The second kappa shape index (κ2) is 7.55. The lowest BCUT2D eigenvalue weighted by atomic mass is 10.1. The summed E-state index contributed by atoms with van der Waals surface area (Å²) in [4.78, 5) is 15.7. The molecule has 2 rings (SSSR count). The van der Waals surface area contributed by atoms with Crippen molar-refractivity contribution in [3.63, 3.8) is 0 Å².